The van der Waals surface area contributed by atoms with Gasteiger partial charge in [-0.25, -0.2) is 9.78 Å². The molecule has 0 saturated heterocycles. The van der Waals surface area contributed by atoms with Crippen LogP contribution < -0.4 is 16.6 Å². The van der Waals surface area contributed by atoms with Crippen LogP contribution in [-0.4, -0.2) is 25.2 Å². The van der Waals surface area contributed by atoms with Crippen LogP contribution in [0, 0.1) is 5.41 Å². The van der Waals surface area contributed by atoms with Crippen LogP contribution in [0.15, 0.2) is 58.1 Å². The highest BCUT2D eigenvalue weighted by molar-refractivity contribution is 6.30. The molecule has 0 aliphatic carbocycles. The number of carboxylic acid groups (broad SMARTS) is 1. The first-order valence-electron chi connectivity index (χ1n) is 9.92. The molecule has 0 bridgehead atoms. The minimum atomic E-state index is -4.69. The number of aromatic nitrogens is 3. The molecule has 2 N–H and O–H groups in total. The Labute approximate surface area is 196 Å². The van der Waals surface area contributed by atoms with E-state index in [1.165, 1.54) is 19.9 Å². The molecule has 0 atom stereocenters. The van der Waals surface area contributed by atoms with Crippen molar-refractivity contribution in [2.45, 2.75) is 33.1 Å². The Morgan fingerprint density at radius 3 is 2.32 bits per heavy atom. The fraction of sp³-hybridized carbons (Fsp3) is 0.273. The van der Waals surface area contributed by atoms with Crippen molar-refractivity contribution in [3.05, 3.63) is 85.6 Å². The number of pyridine rings is 1. The summed E-state index contributed by atoms with van der Waals surface area (Å²) < 4.78 is 41.0. The highest BCUT2D eigenvalue weighted by atomic mass is 35.5. The van der Waals surface area contributed by atoms with Gasteiger partial charge in [0.1, 0.15) is 17.3 Å². The van der Waals surface area contributed by atoms with Crippen molar-refractivity contribution < 1.29 is 23.1 Å². The fourth-order valence-electron chi connectivity index (χ4n) is 3.05. The molecule has 8 nitrogen and oxygen atoms in total. The highest BCUT2D eigenvalue weighted by Crippen LogP contribution is 2.28. The second-order valence-electron chi connectivity index (χ2n) is 8.17. The van der Waals surface area contributed by atoms with E-state index in [2.05, 4.69) is 10.3 Å². The summed E-state index contributed by atoms with van der Waals surface area (Å²) in [6.07, 6.45) is -4.69. The number of nitrogens with one attached hydrogen (secondary N) is 1. The summed E-state index contributed by atoms with van der Waals surface area (Å²) >= 11 is 5.90. The van der Waals surface area contributed by atoms with E-state index in [0.717, 1.165) is 27.3 Å². The van der Waals surface area contributed by atoms with Gasteiger partial charge in [0, 0.05) is 17.6 Å². The monoisotopic (exact) mass is 496 g/mol. The predicted molar refractivity (Wildman–Crippen MR) is 119 cm³/mol. The molecular formula is C22H20ClF3N4O4. The molecule has 0 unspecified atom stereocenters. The molecule has 0 spiro atoms. The Balaban J connectivity index is 2.13. The number of rotatable bonds is 7. The first kappa shape index (κ1) is 25.0. The van der Waals surface area contributed by atoms with E-state index < -0.39 is 41.0 Å². The van der Waals surface area contributed by atoms with Crippen molar-refractivity contribution in [1.82, 2.24) is 14.1 Å². The van der Waals surface area contributed by atoms with Crippen LogP contribution in [0.4, 0.5) is 24.8 Å². The minimum Gasteiger partial charge on any atom is -0.481 e. The van der Waals surface area contributed by atoms with Gasteiger partial charge in [0.05, 0.1) is 12.0 Å². The number of hydrogen-bond donors (Lipinski definition) is 2. The van der Waals surface area contributed by atoms with Gasteiger partial charge in [-0.1, -0.05) is 29.8 Å². The molecule has 0 radical (unpaired) electrons. The molecule has 3 rings (SSSR count). The van der Waals surface area contributed by atoms with Crippen LogP contribution in [0.25, 0.3) is 0 Å². The molecule has 0 amide bonds. The average molecular weight is 497 g/mol. The lowest BCUT2D eigenvalue weighted by molar-refractivity contribution is -0.147. The lowest BCUT2D eigenvalue weighted by Crippen LogP contribution is -2.45. The van der Waals surface area contributed by atoms with Gasteiger partial charge in [0.2, 0.25) is 0 Å². The summed E-state index contributed by atoms with van der Waals surface area (Å²) in [5, 5.41) is 12.5. The van der Waals surface area contributed by atoms with Gasteiger partial charge in [-0.2, -0.15) is 13.2 Å². The van der Waals surface area contributed by atoms with Gasteiger partial charge in [-0.3, -0.25) is 18.7 Å². The molecule has 0 aliphatic heterocycles. The van der Waals surface area contributed by atoms with Crippen molar-refractivity contribution in [2.24, 2.45) is 5.41 Å². The maximum atomic E-state index is 13.3. The van der Waals surface area contributed by atoms with Gasteiger partial charge >= 0.3 is 17.8 Å². The van der Waals surface area contributed by atoms with Gasteiger partial charge in [0.15, 0.2) is 0 Å². The van der Waals surface area contributed by atoms with E-state index in [9.17, 15) is 32.7 Å². The molecule has 2 heterocycles. The summed E-state index contributed by atoms with van der Waals surface area (Å²) in [7, 11) is 0. The Morgan fingerprint density at radius 2 is 1.74 bits per heavy atom. The van der Waals surface area contributed by atoms with Crippen molar-refractivity contribution >= 4 is 29.2 Å². The molecule has 2 aromatic heterocycles. The predicted octanol–water partition coefficient (Wildman–Crippen LogP) is 3.98. The van der Waals surface area contributed by atoms with Crippen LogP contribution in [0.1, 0.15) is 25.1 Å². The molecule has 34 heavy (non-hydrogen) atoms. The number of halogens is 4. The maximum Gasteiger partial charge on any atom is 0.433 e. The molecule has 1 aromatic carbocycles. The number of nitrogens with zero attached hydrogens (tertiary/aromatic N) is 3. The summed E-state index contributed by atoms with van der Waals surface area (Å²) in [5.74, 6) is -1.55. The van der Waals surface area contributed by atoms with E-state index in [1.807, 2.05) is 0 Å². The number of benzene rings is 1. The summed E-state index contributed by atoms with van der Waals surface area (Å²) in [4.78, 5) is 41.0. The summed E-state index contributed by atoms with van der Waals surface area (Å²) in [5.41, 5.74) is -3.64. The zero-order chi connectivity index (χ0) is 25.3. The number of anilines is 2. The van der Waals surface area contributed by atoms with E-state index >= 15 is 0 Å². The van der Waals surface area contributed by atoms with E-state index in [4.69, 9.17) is 11.6 Å². The number of alkyl halides is 3. The van der Waals surface area contributed by atoms with Crippen molar-refractivity contribution in [2.75, 3.05) is 5.32 Å². The van der Waals surface area contributed by atoms with Crippen molar-refractivity contribution in [3.63, 3.8) is 0 Å². The Kier molecular flexibility index (Phi) is 6.87. The first-order chi connectivity index (χ1) is 15.8. The zero-order valence-corrected chi connectivity index (χ0v) is 18.8. The third kappa shape index (κ3) is 5.66. The standard InChI is InChI=1S/C22H20ClF3N4O4/c1-21(2,19(32)33)12-30-18(31)10-17(28-16-5-3-4-15(27-16)22(24,25)26)29(20(30)34)11-13-6-8-14(23)9-7-13/h3-10H,11-12H2,1-2H3,(H,27,28)(H,32,33). The molecule has 0 saturated carbocycles. The third-order valence-corrected chi connectivity index (χ3v) is 5.21. The van der Waals surface area contributed by atoms with Gasteiger partial charge in [0.25, 0.3) is 5.56 Å². The highest BCUT2D eigenvalue weighted by Gasteiger charge is 2.33. The van der Waals surface area contributed by atoms with Crippen molar-refractivity contribution in [1.29, 1.82) is 0 Å². The van der Waals surface area contributed by atoms with Gasteiger partial charge in [-0.05, 0) is 43.7 Å². The smallest absolute Gasteiger partial charge is 0.433 e. The maximum absolute atomic E-state index is 13.3. The topological polar surface area (TPSA) is 106 Å². The van der Waals surface area contributed by atoms with E-state index in [-0.39, 0.29) is 18.2 Å². The van der Waals surface area contributed by atoms with E-state index in [1.54, 1.807) is 24.3 Å². The minimum absolute atomic E-state index is 0.0783. The normalized spacial score (nSPS) is 11.9. The second-order valence-corrected chi connectivity index (χ2v) is 8.61. The number of hydrogen-bond acceptors (Lipinski definition) is 5. The largest absolute Gasteiger partial charge is 0.481 e. The molecular weight excluding hydrogens is 477 g/mol. The lowest BCUT2D eigenvalue weighted by atomic mass is 9.94. The Bertz CT molecular complexity index is 1330. The number of carboxylic acids is 1. The lowest BCUT2D eigenvalue weighted by Gasteiger charge is -2.22. The molecule has 0 fully saturated rings. The zero-order valence-electron chi connectivity index (χ0n) is 18.1. The molecule has 12 heteroatoms. The van der Waals surface area contributed by atoms with Crippen molar-refractivity contribution in [3.8, 4) is 0 Å². The van der Waals surface area contributed by atoms with Crippen LogP contribution >= 0.6 is 11.6 Å². The quantitative estimate of drug-likeness (QED) is 0.512. The Morgan fingerprint density at radius 1 is 1.09 bits per heavy atom. The molecule has 0 aliphatic rings. The number of carbonyl (C=O) groups is 1. The summed E-state index contributed by atoms with van der Waals surface area (Å²) in [6, 6.07) is 10.6. The summed E-state index contributed by atoms with van der Waals surface area (Å²) in [6.45, 7) is 2.24. The Hall–Kier alpha value is -3.60. The molecule has 180 valence electrons. The van der Waals surface area contributed by atoms with Gasteiger partial charge in [-0.15, -0.1) is 0 Å². The fourth-order valence-corrected chi connectivity index (χ4v) is 3.17. The van der Waals surface area contributed by atoms with Crippen LogP contribution in [-0.2, 0) is 24.1 Å². The average Bonchev–Trinajstić information content (AvgIpc) is 2.75. The van der Waals surface area contributed by atoms with Crippen LogP contribution in [0.5, 0.6) is 0 Å². The first-order valence-corrected chi connectivity index (χ1v) is 10.3. The van der Waals surface area contributed by atoms with Gasteiger partial charge < -0.3 is 10.4 Å². The van der Waals surface area contributed by atoms with E-state index in [0.29, 0.717) is 10.6 Å². The molecule has 3 aromatic rings. The van der Waals surface area contributed by atoms with Crippen LogP contribution in [0.2, 0.25) is 5.02 Å². The second kappa shape index (κ2) is 9.34. The van der Waals surface area contributed by atoms with Crippen LogP contribution in [0.3, 0.4) is 0 Å². The SMILES string of the molecule is CC(C)(Cn1c(=O)cc(Nc2cccc(C(F)(F)F)n2)n(Cc2ccc(Cl)cc2)c1=O)C(=O)O. The number of aliphatic carboxylic acids is 1. The third-order valence-electron chi connectivity index (χ3n) is 4.96.